The summed E-state index contributed by atoms with van der Waals surface area (Å²) in [5.41, 5.74) is 2.07. The summed E-state index contributed by atoms with van der Waals surface area (Å²) in [4.78, 5) is 6.78. The van der Waals surface area contributed by atoms with Crippen molar-refractivity contribution in [2.75, 3.05) is 24.8 Å². The van der Waals surface area contributed by atoms with E-state index >= 15 is 0 Å². The van der Waals surface area contributed by atoms with E-state index in [9.17, 15) is 8.42 Å². The van der Waals surface area contributed by atoms with Crippen LogP contribution in [0.15, 0.2) is 36.5 Å². The summed E-state index contributed by atoms with van der Waals surface area (Å²) in [5, 5.41) is 0.590. The fourth-order valence-corrected chi connectivity index (χ4v) is 4.95. The molecule has 0 atom stereocenters. The first kappa shape index (κ1) is 18.5. The molecule has 2 heterocycles. The third-order valence-corrected chi connectivity index (χ3v) is 6.11. The molecular formula is C19H21ClN2O4S. The molecule has 4 rings (SSSR count). The lowest BCUT2D eigenvalue weighted by molar-refractivity contribution is 0.0526. The van der Waals surface area contributed by atoms with E-state index in [1.807, 2.05) is 30.3 Å². The van der Waals surface area contributed by atoms with Gasteiger partial charge in [-0.2, -0.15) is 8.42 Å². The number of nitrogens with zero attached hydrogens (tertiary/aromatic N) is 2. The second kappa shape index (κ2) is 6.65. The van der Waals surface area contributed by atoms with Gasteiger partial charge >= 0.3 is 0 Å². The fourth-order valence-electron chi connectivity index (χ4n) is 4.16. The van der Waals surface area contributed by atoms with Gasteiger partial charge in [-0.25, -0.2) is 4.98 Å². The van der Waals surface area contributed by atoms with Gasteiger partial charge in [-0.15, -0.1) is 0 Å². The number of benzene rings is 1. The highest BCUT2D eigenvalue weighted by molar-refractivity contribution is 7.86. The molecule has 2 aliphatic rings. The largest absolute Gasteiger partial charge is 0.497 e. The molecule has 0 saturated heterocycles. The van der Waals surface area contributed by atoms with Gasteiger partial charge in [0.05, 0.1) is 24.5 Å². The molecule has 144 valence electrons. The van der Waals surface area contributed by atoms with Gasteiger partial charge in [0.15, 0.2) is 0 Å². The first-order chi connectivity index (χ1) is 12.8. The predicted octanol–water partition coefficient (Wildman–Crippen LogP) is 3.14. The van der Waals surface area contributed by atoms with Crippen LogP contribution in [-0.4, -0.2) is 39.4 Å². The Morgan fingerprint density at radius 1 is 1.30 bits per heavy atom. The van der Waals surface area contributed by atoms with Crippen LogP contribution in [0, 0.1) is 0 Å². The van der Waals surface area contributed by atoms with E-state index in [2.05, 4.69) is 9.88 Å². The molecule has 1 aliphatic heterocycles. The lowest BCUT2D eigenvalue weighted by atomic mass is 9.64. The summed E-state index contributed by atoms with van der Waals surface area (Å²) in [6, 6.07) is 9.91. The molecule has 6 nitrogen and oxygen atoms in total. The molecule has 2 aromatic rings. The van der Waals surface area contributed by atoms with Crippen molar-refractivity contribution in [1.29, 1.82) is 0 Å². The Kier molecular flexibility index (Phi) is 4.56. The molecule has 0 bridgehead atoms. The zero-order chi connectivity index (χ0) is 19.2. The van der Waals surface area contributed by atoms with E-state index in [0.29, 0.717) is 24.4 Å². The summed E-state index contributed by atoms with van der Waals surface area (Å²) >= 11 is 6.19. The Balaban J connectivity index is 1.57. The average Bonchev–Trinajstić information content (AvgIpc) is 2.88. The third-order valence-electron chi connectivity index (χ3n) is 5.28. The molecule has 8 heteroatoms. The van der Waals surface area contributed by atoms with Gasteiger partial charge in [-0.3, -0.25) is 4.18 Å². The monoisotopic (exact) mass is 408 g/mol. The van der Waals surface area contributed by atoms with Crippen molar-refractivity contribution in [1.82, 2.24) is 4.98 Å². The summed E-state index contributed by atoms with van der Waals surface area (Å²) in [6.45, 7) is 1.48. The first-order valence-corrected chi connectivity index (χ1v) is 10.9. The number of fused-ring (bicyclic) bond motifs is 2. The number of ether oxygens (including phenoxy) is 1. The highest BCUT2D eigenvalue weighted by Gasteiger charge is 2.53. The zero-order valence-corrected chi connectivity index (χ0v) is 16.8. The van der Waals surface area contributed by atoms with Gasteiger partial charge < -0.3 is 9.64 Å². The number of halogens is 1. The second-order valence-corrected chi connectivity index (χ2v) is 9.38. The van der Waals surface area contributed by atoms with Crippen LogP contribution >= 0.6 is 11.6 Å². The van der Waals surface area contributed by atoms with Gasteiger partial charge in [0.25, 0.3) is 10.1 Å². The molecule has 1 fully saturated rings. The SMILES string of the molecule is COc1ccc(CN2CC3(CC(OS(C)(=O)=O)C3)c3cc(Cl)cnc32)cc1. The molecule has 1 aromatic heterocycles. The maximum Gasteiger partial charge on any atom is 0.264 e. The zero-order valence-electron chi connectivity index (χ0n) is 15.2. The molecule has 1 aromatic carbocycles. The van der Waals surface area contributed by atoms with Crippen molar-refractivity contribution in [3.63, 3.8) is 0 Å². The van der Waals surface area contributed by atoms with Crippen molar-refractivity contribution < 1.29 is 17.3 Å². The maximum absolute atomic E-state index is 11.4. The Morgan fingerprint density at radius 2 is 2.00 bits per heavy atom. The maximum atomic E-state index is 11.4. The Morgan fingerprint density at radius 3 is 2.63 bits per heavy atom. The Hall–Kier alpha value is -1.83. The standard InChI is InChI=1S/C19H21ClN2O4S/c1-25-15-5-3-13(4-6-15)11-22-12-19(8-16(9-19)26-27(2,23)24)17-7-14(20)10-21-18(17)22/h3-7,10,16H,8-9,11-12H2,1-2H3. The summed E-state index contributed by atoms with van der Waals surface area (Å²) < 4.78 is 33.2. The first-order valence-electron chi connectivity index (χ1n) is 8.70. The minimum atomic E-state index is -3.45. The molecular weight excluding hydrogens is 388 g/mol. The van der Waals surface area contributed by atoms with E-state index in [-0.39, 0.29) is 11.5 Å². The molecule has 27 heavy (non-hydrogen) atoms. The van der Waals surface area contributed by atoms with Gasteiger partial charge in [-0.05, 0) is 36.6 Å². The van der Waals surface area contributed by atoms with E-state index in [1.54, 1.807) is 13.3 Å². The molecule has 0 unspecified atom stereocenters. The molecule has 0 amide bonds. The van der Waals surface area contributed by atoms with Crippen molar-refractivity contribution in [2.45, 2.75) is 30.9 Å². The van der Waals surface area contributed by atoms with Gasteiger partial charge in [-0.1, -0.05) is 23.7 Å². The molecule has 0 N–H and O–H groups in total. The van der Waals surface area contributed by atoms with Gasteiger partial charge in [0.1, 0.15) is 11.6 Å². The number of hydrogen-bond acceptors (Lipinski definition) is 6. The van der Waals surface area contributed by atoms with Crippen LogP contribution < -0.4 is 9.64 Å². The van der Waals surface area contributed by atoms with Crippen LogP contribution in [0.3, 0.4) is 0 Å². The van der Waals surface area contributed by atoms with Crippen molar-refractivity contribution >= 4 is 27.5 Å². The normalized spacial score (nSPS) is 24.0. The topological polar surface area (TPSA) is 68.7 Å². The number of aromatic nitrogens is 1. The fraction of sp³-hybridized carbons (Fsp3) is 0.421. The minimum Gasteiger partial charge on any atom is -0.497 e. The number of pyridine rings is 1. The van der Waals surface area contributed by atoms with E-state index in [0.717, 1.165) is 35.5 Å². The lowest BCUT2D eigenvalue weighted by Crippen LogP contribution is -2.49. The van der Waals surface area contributed by atoms with Crippen molar-refractivity contribution in [2.24, 2.45) is 0 Å². The Labute approximate surface area is 164 Å². The second-order valence-electron chi connectivity index (χ2n) is 7.34. The van der Waals surface area contributed by atoms with Crippen molar-refractivity contribution in [3.05, 3.63) is 52.7 Å². The van der Waals surface area contributed by atoms with E-state index in [1.165, 1.54) is 0 Å². The molecule has 1 spiro atoms. The summed E-state index contributed by atoms with van der Waals surface area (Å²) in [6.07, 6.45) is 3.76. The highest BCUT2D eigenvalue weighted by Crippen LogP contribution is 2.53. The van der Waals surface area contributed by atoms with Crippen LogP contribution in [0.1, 0.15) is 24.0 Å². The molecule has 1 aliphatic carbocycles. The van der Waals surface area contributed by atoms with Crippen LogP contribution in [0.25, 0.3) is 0 Å². The number of rotatable bonds is 5. The van der Waals surface area contributed by atoms with E-state index < -0.39 is 10.1 Å². The van der Waals surface area contributed by atoms with Crippen LogP contribution in [0.2, 0.25) is 5.02 Å². The van der Waals surface area contributed by atoms with Gasteiger partial charge in [0.2, 0.25) is 0 Å². The number of hydrogen-bond donors (Lipinski definition) is 0. The number of anilines is 1. The average molecular weight is 409 g/mol. The molecule has 1 saturated carbocycles. The van der Waals surface area contributed by atoms with Crippen LogP contribution in [0.4, 0.5) is 5.82 Å². The van der Waals surface area contributed by atoms with Gasteiger partial charge in [0, 0.05) is 30.3 Å². The highest BCUT2D eigenvalue weighted by atomic mass is 35.5. The predicted molar refractivity (Wildman–Crippen MR) is 104 cm³/mol. The number of methoxy groups -OCH3 is 1. The quantitative estimate of drug-likeness (QED) is 0.708. The Bertz CT molecular complexity index is 956. The third kappa shape index (κ3) is 3.63. The minimum absolute atomic E-state index is 0.158. The van der Waals surface area contributed by atoms with Crippen LogP contribution in [-0.2, 0) is 26.3 Å². The van der Waals surface area contributed by atoms with Crippen LogP contribution in [0.5, 0.6) is 5.75 Å². The summed E-state index contributed by atoms with van der Waals surface area (Å²) in [7, 11) is -1.80. The smallest absolute Gasteiger partial charge is 0.264 e. The lowest BCUT2D eigenvalue weighted by Gasteiger charge is -2.44. The molecule has 0 radical (unpaired) electrons. The van der Waals surface area contributed by atoms with Crippen molar-refractivity contribution in [3.8, 4) is 5.75 Å². The summed E-state index contributed by atoms with van der Waals surface area (Å²) in [5.74, 6) is 1.73. The van der Waals surface area contributed by atoms with E-state index in [4.69, 9.17) is 20.5 Å².